The number of nitrogens with one attached hydrogen (secondary N) is 1. The second kappa shape index (κ2) is 12.4. The molecule has 1 aromatic carbocycles. The molecule has 0 spiro atoms. The first-order valence-corrected chi connectivity index (χ1v) is 11.7. The Morgan fingerprint density at radius 2 is 1.62 bits per heavy atom. The van der Waals surface area contributed by atoms with E-state index in [4.69, 9.17) is 32.7 Å². The molecule has 2 N–H and O–H groups in total. The molecule has 9 heteroatoms. The lowest BCUT2D eigenvalue weighted by atomic mass is 9.76. The maximum atomic E-state index is 12.5. The van der Waals surface area contributed by atoms with Gasteiger partial charge < -0.3 is 24.8 Å². The van der Waals surface area contributed by atoms with Crippen LogP contribution in [0.2, 0.25) is 0 Å². The van der Waals surface area contributed by atoms with Crippen molar-refractivity contribution >= 4 is 41.0 Å². The SMILES string of the molecule is CC(C)(C)OC(=O)N[C@H](COc1ccccc1N(CCCl)CCCl)C(C(=O)O)C(C)(C)C. The number of carbonyl (C=O) groups excluding carboxylic acids is 1. The maximum Gasteiger partial charge on any atom is 0.408 e. The van der Waals surface area contributed by atoms with Gasteiger partial charge in [-0.3, -0.25) is 4.79 Å². The summed E-state index contributed by atoms with van der Waals surface area (Å²) in [6, 6.07) is 6.56. The zero-order valence-corrected chi connectivity index (χ0v) is 21.3. The molecule has 0 bridgehead atoms. The number of hydrogen-bond donors (Lipinski definition) is 2. The molecule has 1 amide bonds. The van der Waals surface area contributed by atoms with Gasteiger partial charge in [-0.2, -0.15) is 0 Å². The summed E-state index contributed by atoms with van der Waals surface area (Å²) in [5.41, 5.74) is -0.559. The average Bonchev–Trinajstić information content (AvgIpc) is 2.63. The smallest absolute Gasteiger partial charge is 0.408 e. The van der Waals surface area contributed by atoms with Crippen LogP contribution in [0.25, 0.3) is 0 Å². The van der Waals surface area contributed by atoms with Crippen LogP contribution in [0.1, 0.15) is 41.5 Å². The van der Waals surface area contributed by atoms with E-state index in [1.807, 2.05) is 43.9 Å². The molecule has 0 aliphatic heterocycles. The van der Waals surface area contributed by atoms with Crippen LogP contribution in [0.3, 0.4) is 0 Å². The second-order valence-corrected chi connectivity index (χ2v) is 10.3. The lowest BCUT2D eigenvalue weighted by Gasteiger charge is -2.35. The molecule has 0 heterocycles. The monoisotopic (exact) mass is 490 g/mol. The van der Waals surface area contributed by atoms with Crippen molar-refractivity contribution in [2.75, 3.05) is 36.4 Å². The maximum absolute atomic E-state index is 12.5. The number of carbonyl (C=O) groups is 2. The van der Waals surface area contributed by atoms with Crippen molar-refractivity contribution in [1.29, 1.82) is 0 Å². The number of halogens is 2. The van der Waals surface area contributed by atoms with Crippen LogP contribution in [-0.4, -0.2) is 60.3 Å². The van der Waals surface area contributed by atoms with Crippen molar-refractivity contribution in [3.05, 3.63) is 24.3 Å². The third-order valence-corrected chi connectivity index (χ3v) is 4.97. The van der Waals surface area contributed by atoms with E-state index in [1.54, 1.807) is 26.8 Å². The molecule has 0 aliphatic carbocycles. The highest BCUT2D eigenvalue weighted by Crippen LogP contribution is 2.32. The Labute approximate surface area is 201 Å². The summed E-state index contributed by atoms with van der Waals surface area (Å²) in [6.45, 7) is 11.8. The van der Waals surface area contributed by atoms with E-state index in [-0.39, 0.29) is 6.61 Å². The predicted molar refractivity (Wildman–Crippen MR) is 129 cm³/mol. The molecular formula is C23H36Cl2N2O5. The van der Waals surface area contributed by atoms with Gasteiger partial charge in [-0.25, -0.2) is 4.79 Å². The Bertz CT molecular complexity index is 741. The molecule has 0 aromatic heterocycles. The first-order valence-electron chi connectivity index (χ1n) is 10.6. The van der Waals surface area contributed by atoms with Gasteiger partial charge in [0.05, 0.1) is 17.6 Å². The zero-order valence-electron chi connectivity index (χ0n) is 19.8. The van der Waals surface area contributed by atoms with Gasteiger partial charge in [-0.15, -0.1) is 23.2 Å². The Hall–Kier alpha value is -1.86. The summed E-state index contributed by atoms with van der Waals surface area (Å²) in [6.07, 6.45) is -0.694. The summed E-state index contributed by atoms with van der Waals surface area (Å²) in [5, 5.41) is 12.6. The van der Waals surface area contributed by atoms with Crippen molar-refractivity contribution in [2.24, 2.45) is 11.3 Å². The molecular weight excluding hydrogens is 455 g/mol. The molecule has 0 radical (unpaired) electrons. The number of aliphatic carboxylic acids is 1. The number of hydrogen-bond acceptors (Lipinski definition) is 5. The third kappa shape index (κ3) is 9.33. The Morgan fingerprint density at radius 1 is 1.06 bits per heavy atom. The van der Waals surface area contributed by atoms with Gasteiger partial charge >= 0.3 is 12.1 Å². The minimum absolute atomic E-state index is 0.0555. The van der Waals surface area contributed by atoms with Crippen molar-refractivity contribution < 1.29 is 24.2 Å². The fraction of sp³-hybridized carbons (Fsp3) is 0.652. The van der Waals surface area contributed by atoms with E-state index in [9.17, 15) is 14.7 Å². The van der Waals surface area contributed by atoms with Crippen LogP contribution in [0.4, 0.5) is 10.5 Å². The van der Waals surface area contributed by atoms with Crippen LogP contribution >= 0.6 is 23.2 Å². The van der Waals surface area contributed by atoms with E-state index in [0.29, 0.717) is 30.6 Å². The van der Waals surface area contributed by atoms with E-state index in [1.165, 1.54) is 0 Å². The number of carboxylic acids is 1. The first-order chi connectivity index (χ1) is 14.8. The van der Waals surface area contributed by atoms with Gasteiger partial charge in [0.15, 0.2) is 0 Å². The Balaban J connectivity index is 3.19. The van der Waals surface area contributed by atoms with Crippen molar-refractivity contribution in [1.82, 2.24) is 5.32 Å². The quantitative estimate of drug-likeness (QED) is 0.424. The standard InChI is InChI=1S/C23H36Cl2N2O5/c1-22(2,3)19(20(28)29)16(26-21(30)32-23(4,5)6)15-31-18-10-8-7-9-17(18)27(13-11-24)14-12-25/h7-10,16,19H,11-15H2,1-6H3,(H,26,30)(H,28,29)/t16-,19?/m1/s1. The number of rotatable bonds is 11. The van der Waals surface area contributed by atoms with Gasteiger partial charge in [0.2, 0.25) is 0 Å². The number of anilines is 1. The highest BCUT2D eigenvalue weighted by Gasteiger charge is 2.40. The predicted octanol–water partition coefficient (Wildman–Crippen LogP) is 4.99. The summed E-state index contributed by atoms with van der Waals surface area (Å²) in [4.78, 5) is 26.6. The number of nitrogens with zero attached hydrogens (tertiary/aromatic N) is 1. The number of carboxylic acid groups (broad SMARTS) is 1. The van der Waals surface area contributed by atoms with Crippen molar-refractivity contribution in [2.45, 2.75) is 53.2 Å². The highest BCUT2D eigenvalue weighted by atomic mass is 35.5. The summed E-state index contributed by atoms with van der Waals surface area (Å²) < 4.78 is 11.4. The largest absolute Gasteiger partial charge is 0.489 e. The Morgan fingerprint density at radius 3 is 2.09 bits per heavy atom. The van der Waals surface area contributed by atoms with Crippen LogP contribution in [-0.2, 0) is 9.53 Å². The molecule has 2 atom stereocenters. The van der Waals surface area contributed by atoms with E-state index in [2.05, 4.69) is 5.32 Å². The molecule has 1 rings (SSSR count). The molecule has 182 valence electrons. The number of benzene rings is 1. The van der Waals surface area contributed by atoms with Crippen LogP contribution in [0, 0.1) is 11.3 Å². The molecule has 1 unspecified atom stereocenters. The lowest BCUT2D eigenvalue weighted by Crippen LogP contribution is -2.52. The number of alkyl halides is 2. The lowest BCUT2D eigenvalue weighted by molar-refractivity contribution is -0.147. The van der Waals surface area contributed by atoms with E-state index < -0.39 is 35.0 Å². The van der Waals surface area contributed by atoms with Crippen LogP contribution in [0.15, 0.2) is 24.3 Å². The van der Waals surface area contributed by atoms with Crippen molar-refractivity contribution in [3.8, 4) is 5.75 Å². The first kappa shape index (κ1) is 28.2. The highest BCUT2D eigenvalue weighted by molar-refractivity contribution is 6.18. The molecule has 0 saturated heterocycles. The number of amides is 1. The summed E-state index contributed by atoms with van der Waals surface area (Å²) in [7, 11) is 0. The third-order valence-electron chi connectivity index (χ3n) is 4.64. The van der Waals surface area contributed by atoms with Crippen LogP contribution in [0.5, 0.6) is 5.75 Å². The average molecular weight is 491 g/mol. The number of alkyl carbamates (subject to hydrolysis) is 1. The van der Waals surface area contributed by atoms with E-state index in [0.717, 1.165) is 5.69 Å². The van der Waals surface area contributed by atoms with Gasteiger partial charge in [0.25, 0.3) is 0 Å². The second-order valence-electron chi connectivity index (χ2n) is 9.58. The fourth-order valence-corrected chi connectivity index (χ4v) is 3.81. The molecule has 0 fully saturated rings. The molecule has 1 aromatic rings. The number of ether oxygens (including phenoxy) is 2. The van der Waals surface area contributed by atoms with Crippen molar-refractivity contribution in [3.63, 3.8) is 0 Å². The topological polar surface area (TPSA) is 88.1 Å². The fourth-order valence-electron chi connectivity index (χ4n) is 3.40. The number of para-hydroxylation sites is 2. The molecule has 0 aliphatic rings. The minimum Gasteiger partial charge on any atom is -0.489 e. The van der Waals surface area contributed by atoms with Gasteiger partial charge in [0.1, 0.15) is 18.0 Å². The zero-order chi connectivity index (χ0) is 24.5. The van der Waals surface area contributed by atoms with Crippen LogP contribution < -0.4 is 15.0 Å². The Kier molecular flexibility index (Phi) is 10.9. The van der Waals surface area contributed by atoms with Gasteiger partial charge in [0, 0.05) is 24.8 Å². The molecule has 0 saturated carbocycles. The summed E-state index contributed by atoms with van der Waals surface area (Å²) in [5.74, 6) is -0.555. The summed E-state index contributed by atoms with van der Waals surface area (Å²) >= 11 is 11.9. The van der Waals surface area contributed by atoms with Gasteiger partial charge in [-0.1, -0.05) is 32.9 Å². The minimum atomic E-state index is -1.03. The van der Waals surface area contributed by atoms with Gasteiger partial charge in [-0.05, 0) is 38.3 Å². The molecule has 32 heavy (non-hydrogen) atoms. The normalized spacial score (nSPS) is 13.8. The van der Waals surface area contributed by atoms with E-state index >= 15 is 0 Å². The molecule has 7 nitrogen and oxygen atoms in total.